The van der Waals surface area contributed by atoms with E-state index in [0.29, 0.717) is 6.61 Å². The molecular formula is C15H20N2O2. The van der Waals surface area contributed by atoms with Gasteiger partial charge in [0.2, 0.25) is 0 Å². The fourth-order valence-corrected chi connectivity index (χ4v) is 1.79. The highest BCUT2D eigenvalue weighted by Gasteiger charge is 2.07. The minimum atomic E-state index is 0.428. The van der Waals surface area contributed by atoms with E-state index in [0.717, 1.165) is 36.1 Å². The van der Waals surface area contributed by atoms with Crippen molar-refractivity contribution in [3.8, 4) is 5.75 Å². The zero-order valence-corrected chi connectivity index (χ0v) is 11.7. The van der Waals surface area contributed by atoms with Crippen LogP contribution in [0.3, 0.4) is 0 Å². The predicted molar refractivity (Wildman–Crippen MR) is 74.1 cm³/mol. The molecule has 0 saturated heterocycles. The largest absolute Gasteiger partial charge is 0.484 e. The van der Waals surface area contributed by atoms with Crippen molar-refractivity contribution >= 4 is 0 Å². The summed E-state index contributed by atoms with van der Waals surface area (Å²) >= 11 is 0. The molecule has 0 fully saturated rings. The van der Waals surface area contributed by atoms with Crippen LogP contribution in [0.1, 0.15) is 29.7 Å². The van der Waals surface area contributed by atoms with Crippen LogP contribution in [0.4, 0.5) is 0 Å². The second-order valence-corrected chi connectivity index (χ2v) is 4.50. The first-order valence-electron chi connectivity index (χ1n) is 6.53. The van der Waals surface area contributed by atoms with E-state index in [4.69, 9.17) is 9.15 Å². The van der Waals surface area contributed by atoms with Crippen molar-refractivity contribution in [2.24, 2.45) is 0 Å². The summed E-state index contributed by atoms with van der Waals surface area (Å²) in [5, 5.41) is 3.29. The zero-order valence-electron chi connectivity index (χ0n) is 11.7. The first-order chi connectivity index (χ1) is 9.19. The molecule has 0 aliphatic carbocycles. The van der Waals surface area contributed by atoms with E-state index in [1.807, 2.05) is 32.0 Å². The third-order valence-electron chi connectivity index (χ3n) is 2.90. The van der Waals surface area contributed by atoms with Crippen LogP contribution in [0.15, 0.2) is 28.8 Å². The average molecular weight is 260 g/mol. The molecule has 0 aliphatic heterocycles. The molecule has 0 aliphatic rings. The summed E-state index contributed by atoms with van der Waals surface area (Å²) in [6.07, 6.45) is 1.73. The molecule has 0 atom stereocenters. The van der Waals surface area contributed by atoms with Gasteiger partial charge in [-0.25, -0.2) is 0 Å². The number of pyridine rings is 1. The summed E-state index contributed by atoms with van der Waals surface area (Å²) in [6.45, 7) is 8.22. The third kappa shape index (κ3) is 3.83. The molecule has 2 rings (SSSR count). The Hall–Kier alpha value is -1.81. The van der Waals surface area contributed by atoms with Crippen molar-refractivity contribution in [3.63, 3.8) is 0 Å². The Morgan fingerprint density at radius 1 is 1.32 bits per heavy atom. The van der Waals surface area contributed by atoms with Gasteiger partial charge in [0.25, 0.3) is 0 Å². The first kappa shape index (κ1) is 13.6. The van der Waals surface area contributed by atoms with Gasteiger partial charge in [0, 0.05) is 17.8 Å². The number of ether oxygens (including phenoxy) is 1. The molecule has 0 aromatic carbocycles. The van der Waals surface area contributed by atoms with E-state index in [1.54, 1.807) is 6.20 Å². The highest BCUT2D eigenvalue weighted by Crippen LogP contribution is 2.17. The highest BCUT2D eigenvalue weighted by molar-refractivity contribution is 5.22. The van der Waals surface area contributed by atoms with Crippen LogP contribution in [-0.2, 0) is 13.2 Å². The molecule has 19 heavy (non-hydrogen) atoms. The van der Waals surface area contributed by atoms with Gasteiger partial charge in [-0.1, -0.05) is 6.92 Å². The molecule has 0 spiro atoms. The van der Waals surface area contributed by atoms with Crippen molar-refractivity contribution in [1.29, 1.82) is 0 Å². The molecule has 2 aromatic rings. The summed E-state index contributed by atoms with van der Waals surface area (Å²) in [5.74, 6) is 2.54. The number of hydrogen-bond donors (Lipinski definition) is 1. The summed E-state index contributed by atoms with van der Waals surface area (Å²) in [5.41, 5.74) is 2.16. The maximum absolute atomic E-state index is 5.67. The topological polar surface area (TPSA) is 47.3 Å². The van der Waals surface area contributed by atoms with Gasteiger partial charge < -0.3 is 14.5 Å². The Kier molecular flexibility index (Phi) is 4.58. The summed E-state index contributed by atoms with van der Waals surface area (Å²) in [6, 6.07) is 5.89. The second kappa shape index (κ2) is 6.38. The Bertz CT molecular complexity index is 517. The van der Waals surface area contributed by atoms with Crippen LogP contribution in [-0.4, -0.2) is 11.5 Å². The lowest BCUT2D eigenvalue weighted by Gasteiger charge is -2.03. The van der Waals surface area contributed by atoms with Crippen LogP contribution in [0.2, 0.25) is 0 Å². The van der Waals surface area contributed by atoms with Gasteiger partial charge in [0.05, 0.1) is 6.20 Å². The first-order valence-corrected chi connectivity index (χ1v) is 6.53. The van der Waals surface area contributed by atoms with E-state index in [-0.39, 0.29) is 0 Å². The second-order valence-electron chi connectivity index (χ2n) is 4.50. The van der Waals surface area contributed by atoms with Gasteiger partial charge in [-0.2, -0.15) is 0 Å². The number of nitrogens with one attached hydrogen (secondary N) is 1. The lowest BCUT2D eigenvalue weighted by atomic mass is 10.2. The summed E-state index contributed by atoms with van der Waals surface area (Å²) < 4.78 is 11.3. The van der Waals surface area contributed by atoms with Crippen LogP contribution in [0, 0.1) is 13.8 Å². The van der Waals surface area contributed by atoms with Gasteiger partial charge in [-0.15, -0.1) is 0 Å². The lowest BCUT2D eigenvalue weighted by molar-refractivity contribution is 0.266. The highest BCUT2D eigenvalue weighted by atomic mass is 16.5. The maximum atomic E-state index is 5.67. The fourth-order valence-electron chi connectivity index (χ4n) is 1.79. The molecule has 102 valence electrons. The number of hydrogen-bond acceptors (Lipinski definition) is 4. The smallest absolute Gasteiger partial charge is 0.146 e. The maximum Gasteiger partial charge on any atom is 0.146 e. The van der Waals surface area contributed by atoms with Crippen LogP contribution < -0.4 is 10.1 Å². The fraction of sp³-hybridized carbons (Fsp3) is 0.400. The van der Waals surface area contributed by atoms with E-state index in [2.05, 4.69) is 17.2 Å². The minimum Gasteiger partial charge on any atom is -0.484 e. The van der Waals surface area contributed by atoms with E-state index >= 15 is 0 Å². The molecule has 0 radical (unpaired) electrons. The van der Waals surface area contributed by atoms with Gasteiger partial charge in [-0.3, -0.25) is 4.98 Å². The molecule has 4 heteroatoms. The number of aryl methyl sites for hydroxylation is 2. The molecule has 0 bridgehead atoms. The molecule has 1 N–H and O–H groups in total. The number of furan rings is 1. The van der Waals surface area contributed by atoms with Crippen molar-refractivity contribution in [1.82, 2.24) is 10.3 Å². The standard InChI is InChI=1S/C15H20N2O2/c1-4-16-8-13-7-15(19-12(13)3)10-18-14-6-5-11(2)17-9-14/h5-7,9,16H,4,8,10H2,1-3H3. The normalized spacial score (nSPS) is 10.7. The van der Waals surface area contributed by atoms with Gasteiger partial charge in [0.1, 0.15) is 23.9 Å². The monoisotopic (exact) mass is 260 g/mol. The Balaban J connectivity index is 1.94. The van der Waals surface area contributed by atoms with Gasteiger partial charge >= 0.3 is 0 Å². The third-order valence-corrected chi connectivity index (χ3v) is 2.90. The quantitative estimate of drug-likeness (QED) is 0.867. The molecule has 4 nitrogen and oxygen atoms in total. The lowest BCUT2D eigenvalue weighted by Crippen LogP contribution is -2.11. The van der Waals surface area contributed by atoms with Crippen LogP contribution in [0.25, 0.3) is 0 Å². The Morgan fingerprint density at radius 3 is 2.84 bits per heavy atom. The average Bonchev–Trinajstić information content (AvgIpc) is 2.76. The van der Waals surface area contributed by atoms with Crippen molar-refractivity contribution in [2.45, 2.75) is 33.9 Å². The Labute approximate surface area is 113 Å². The van der Waals surface area contributed by atoms with E-state index < -0.39 is 0 Å². The number of rotatable bonds is 6. The van der Waals surface area contributed by atoms with E-state index in [1.165, 1.54) is 5.56 Å². The minimum absolute atomic E-state index is 0.428. The van der Waals surface area contributed by atoms with Crippen LogP contribution >= 0.6 is 0 Å². The SMILES string of the molecule is CCNCc1cc(COc2ccc(C)nc2)oc1C. The summed E-state index contributed by atoms with van der Waals surface area (Å²) in [7, 11) is 0. The number of nitrogens with zero attached hydrogens (tertiary/aromatic N) is 1. The zero-order chi connectivity index (χ0) is 13.7. The Morgan fingerprint density at radius 2 is 2.16 bits per heavy atom. The molecule has 2 aromatic heterocycles. The van der Waals surface area contributed by atoms with E-state index in [9.17, 15) is 0 Å². The molecule has 0 saturated carbocycles. The molecule has 2 heterocycles. The molecular weight excluding hydrogens is 240 g/mol. The van der Waals surface area contributed by atoms with Crippen molar-refractivity contribution in [3.05, 3.63) is 47.2 Å². The predicted octanol–water partition coefficient (Wildman–Crippen LogP) is 2.98. The number of aromatic nitrogens is 1. The molecule has 0 unspecified atom stereocenters. The van der Waals surface area contributed by atoms with Crippen LogP contribution in [0.5, 0.6) is 5.75 Å². The van der Waals surface area contributed by atoms with Gasteiger partial charge in [0.15, 0.2) is 0 Å². The van der Waals surface area contributed by atoms with Gasteiger partial charge in [-0.05, 0) is 38.6 Å². The summed E-state index contributed by atoms with van der Waals surface area (Å²) in [4.78, 5) is 4.19. The van der Waals surface area contributed by atoms with Crippen molar-refractivity contribution in [2.75, 3.05) is 6.54 Å². The molecule has 0 amide bonds. The van der Waals surface area contributed by atoms with Crippen molar-refractivity contribution < 1.29 is 9.15 Å².